The predicted octanol–water partition coefficient (Wildman–Crippen LogP) is 3.22. The van der Waals surface area contributed by atoms with Gasteiger partial charge in [0.15, 0.2) is 0 Å². The molecule has 0 fully saturated rings. The van der Waals surface area contributed by atoms with E-state index in [0.717, 1.165) is 16.7 Å². The summed E-state index contributed by atoms with van der Waals surface area (Å²) in [5.74, 6) is 0.887. The van der Waals surface area contributed by atoms with Crippen LogP contribution in [0.25, 0.3) is 10.1 Å². The third kappa shape index (κ3) is 2.20. The highest BCUT2D eigenvalue weighted by molar-refractivity contribution is 7.17. The van der Waals surface area contributed by atoms with Crippen molar-refractivity contribution >= 4 is 21.4 Å². The first-order valence-corrected chi connectivity index (χ1v) is 6.15. The Bertz CT molecular complexity index is 494. The van der Waals surface area contributed by atoms with E-state index in [4.69, 9.17) is 4.74 Å². The molecule has 0 atom stereocenters. The molecule has 0 saturated carbocycles. The number of hydrogen-bond acceptors (Lipinski definition) is 3. The molecule has 3 heteroatoms. The van der Waals surface area contributed by atoms with E-state index < -0.39 is 5.60 Å². The predicted molar refractivity (Wildman–Crippen MR) is 68.4 cm³/mol. The van der Waals surface area contributed by atoms with Crippen LogP contribution in [0.2, 0.25) is 0 Å². The van der Waals surface area contributed by atoms with Crippen LogP contribution in [0, 0.1) is 0 Å². The zero-order valence-electron chi connectivity index (χ0n) is 9.78. The topological polar surface area (TPSA) is 29.5 Å². The van der Waals surface area contributed by atoms with Crippen molar-refractivity contribution in [2.75, 3.05) is 7.11 Å². The van der Waals surface area contributed by atoms with Gasteiger partial charge in [0.05, 0.1) is 12.7 Å². The minimum absolute atomic E-state index is 0.646. The maximum absolute atomic E-state index is 9.88. The molecule has 1 aromatic carbocycles. The number of aliphatic hydroxyl groups is 1. The molecular weight excluding hydrogens is 220 g/mol. The molecule has 16 heavy (non-hydrogen) atoms. The monoisotopic (exact) mass is 236 g/mol. The van der Waals surface area contributed by atoms with Gasteiger partial charge >= 0.3 is 0 Å². The number of ether oxygens (including phenoxy) is 1. The van der Waals surface area contributed by atoms with Gasteiger partial charge in [-0.3, -0.25) is 0 Å². The van der Waals surface area contributed by atoms with Crippen LogP contribution in [0.3, 0.4) is 0 Å². The summed E-state index contributed by atoms with van der Waals surface area (Å²) < 4.78 is 6.57. The molecule has 0 spiro atoms. The van der Waals surface area contributed by atoms with Crippen LogP contribution in [0.4, 0.5) is 0 Å². The van der Waals surface area contributed by atoms with E-state index in [1.807, 2.05) is 26.0 Å². The molecule has 1 aromatic heterocycles. The average molecular weight is 236 g/mol. The number of rotatable bonds is 3. The van der Waals surface area contributed by atoms with Gasteiger partial charge in [0.2, 0.25) is 0 Å². The number of hydrogen-bond donors (Lipinski definition) is 1. The summed E-state index contributed by atoms with van der Waals surface area (Å²) in [5.41, 5.74) is 0.472. The second-order valence-corrected chi connectivity index (χ2v) is 5.49. The van der Waals surface area contributed by atoms with Crippen LogP contribution in [0.15, 0.2) is 23.6 Å². The Balaban J connectivity index is 2.54. The van der Waals surface area contributed by atoms with Gasteiger partial charge in [0.25, 0.3) is 0 Å². The fourth-order valence-electron chi connectivity index (χ4n) is 1.89. The van der Waals surface area contributed by atoms with Crippen LogP contribution in [0.1, 0.15) is 19.4 Å². The highest BCUT2D eigenvalue weighted by atomic mass is 32.1. The first-order valence-electron chi connectivity index (χ1n) is 5.27. The molecular formula is C13H16O2S. The minimum atomic E-state index is -0.686. The lowest BCUT2D eigenvalue weighted by Gasteiger charge is -2.16. The first-order chi connectivity index (χ1) is 7.51. The molecule has 0 aliphatic carbocycles. The zero-order chi connectivity index (χ0) is 11.8. The molecule has 2 nitrogen and oxygen atoms in total. The van der Waals surface area contributed by atoms with Gasteiger partial charge < -0.3 is 9.84 Å². The summed E-state index contributed by atoms with van der Waals surface area (Å²) in [4.78, 5) is 0. The fourth-order valence-corrected chi connectivity index (χ4v) is 2.86. The molecule has 1 N–H and O–H groups in total. The highest BCUT2D eigenvalue weighted by Crippen LogP contribution is 2.35. The van der Waals surface area contributed by atoms with Gasteiger partial charge in [-0.05, 0) is 36.9 Å². The smallest absolute Gasteiger partial charge is 0.127 e. The molecule has 0 aliphatic rings. The molecule has 1 heterocycles. The first kappa shape index (κ1) is 11.4. The summed E-state index contributed by atoms with van der Waals surface area (Å²) in [7, 11) is 1.68. The zero-order valence-corrected chi connectivity index (χ0v) is 10.6. The maximum atomic E-state index is 9.88. The Hall–Kier alpha value is -1.06. The van der Waals surface area contributed by atoms with Gasteiger partial charge in [-0.1, -0.05) is 6.07 Å². The Morgan fingerprint density at radius 3 is 2.75 bits per heavy atom. The van der Waals surface area contributed by atoms with Gasteiger partial charge in [0, 0.05) is 16.5 Å². The van der Waals surface area contributed by atoms with Crippen LogP contribution < -0.4 is 4.74 Å². The van der Waals surface area contributed by atoms with E-state index in [0.29, 0.717) is 6.42 Å². The standard InChI is InChI=1S/C13H16O2S/c1-13(2,14)7-9-8-16-11-6-4-5-10(15-3)12(9)11/h4-6,8,14H,7H2,1-3H3. The van der Waals surface area contributed by atoms with Crippen molar-refractivity contribution < 1.29 is 9.84 Å². The Kier molecular flexibility index (Phi) is 2.91. The van der Waals surface area contributed by atoms with Gasteiger partial charge in [-0.15, -0.1) is 11.3 Å². The SMILES string of the molecule is COc1cccc2scc(CC(C)(C)O)c12. The minimum Gasteiger partial charge on any atom is -0.496 e. The van der Waals surface area contributed by atoms with Crippen molar-refractivity contribution in [2.24, 2.45) is 0 Å². The largest absolute Gasteiger partial charge is 0.496 e. The van der Waals surface area contributed by atoms with Crippen LogP contribution in [-0.4, -0.2) is 17.8 Å². The van der Waals surface area contributed by atoms with E-state index in [9.17, 15) is 5.11 Å². The summed E-state index contributed by atoms with van der Waals surface area (Å²) in [5, 5.41) is 13.1. The normalized spacial score (nSPS) is 12.0. The number of fused-ring (bicyclic) bond motifs is 1. The molecule has 0 bridgehead atoms. The third-order valence-electron chi connectivity index (χ3n) is 2.48. The van der Waals surface area contributed by atoms with E-state index in [2.05, 4.69) is 11.4 Å². The van der Waals surface area contributed by atoms with Crippen LogP contribution >= 0.6 is 11.3 Å². The van der Waals surface area contributed by atoms with E-state index in [-0.39, 0.29) is 0 Å². The molecule has 0 unspecified atom stereocenters. The second kappa shape index (κ2) is 4.07. The Morgan fingerprint density at radius 2 is 2.12 bits per heavy atom. The van der Waals surface area contributed by atoms with E-state index in [1.165, 1.54) is 4.70 Å². The number of methoxy groups -OCH3 is 1. The van der Waals surface area contributed by atoms with Crippen molar-refractivity contribution in [3.8, 4) is 5.75 Å². The molecule has 0 saturated heterocycles. The average Bonchev–Trinajstić information content (AvgIpc) is 2.59. The molecule has 86 valence electrons. The highest BCUT2D eigenvalue weighted by Gasteiger charge is 2.18. The van der Waals surface area contributed by atoms with Crippen molar-refractivity contribution in [3.05, 3.63) is 29.1 Å². The van der Waals surface area contributed by atoms with Crippen molar-refractivity contribution in [1.82, 2.24) is 0 Å². The molecule has 2 aromatic rings. The summed E-state index contributed by atoms with van der Waals surface area (Å²) >= 11 is 1.69. The maximum Gasteiger partial charge on any atom is 0.127 e. The van der Waals surface area contributed by atoms with Gasteiger partial charge in [-0.2, -0.15) is 0 Å². The summed E-state index contributed by atoms with van der Waals surface area (Å²) in [6, 6.07) is 6.03. The summed E-state index contributed by atoms with van der Waals surface area (Å²) in [6.07, 6.45) is 0.646. The lowest BCUT2D eigenvalue weighted by Crippen LogP contribution is -2.21. The Labute approximate surface area is 99.5 Å². The second-order valence-electron chi connectivity index (χ2n) is 4.58. The van der Waals surface area contributed by atoms with Crippen molar-refractivity contribution in [3.63, 3.8) is 0 Å². The number of thiophene rings is 1. The van der Waals surface area contributed by atoms with Crippen LogP contribution in [-0.2, 0) is 6.42 Å². The fraction of sp³-hybridized carbons (Fsp3) is 0.385. The lowest BCUT2D eigenvalue weighted by atomic mass is 9.98. The number of benzene rings is 1. The van der Waals surface area contributed by atoms with Crippen LogP contribution in [0.5, 0.6) is 5.75 Å². The molecule has 0 aliphatic heterocycles. The molecule has 0 radical (unpaired) electrons. The van der Waals surface area contributed by atoms with Crippen molar-refractivity contribution in [1.29, 1.82) is 0 Å². The lowest BCUT2D eigenvalue weighted by molar-refractivity contribution is 0.0814. The molecule has 2 rings (SSSR count). The summed E-state index contributed by atoms with van der Waals surface area (Å²) in [6.45, 7) is 3.65. The van der Waals surface area contributed by atoms with Crippen molar-refractivity contribution in [2.45, 2.75) is 25.9 Å². The quantitative estimate of drug-likeness (QED) is 0.886. The van der Waals surface area contributed by atoms with Gasteiger partial charge in [-0.25, -0.2) is 0 Å². The Morgan fingerprint density at radius 1 is 1.38 bits per heavy atom. The van der Waals surface area contributed by atoms with E-state index >= 15 is 0 Å². The van der Waals surface area contributed by atoms with Gasteiger partial charge in [0.1, 0.15) is 5.75 Å². The van der Waals surface area contributed by atoms with E-state index in [1.54, 1.807) is 18.4 Å². The third-order valence-corrected chi connectivity index (χ3v) is 3.48. The molecule has 0 amide bonds.